The van der Waals surface area contributed by atoms with E-state index in [0.717, 1.165) is 0 Å². The highest BCUT2D eigenvalue weighted by Gasteiger charge is 2.30. The van der Waals surface area contributed by atoms with Crippen LogP contribution in [0.3, 0.4) is 0 Å². The minimum Gasteiger partial charge on any atom is -0.481 e. The maximum atomic E-state index is 11.8. The van der Waals surface area contributed by atoms with E-state index in [2.05, 4.69) is 5.10 Å². The van der Waals surface area contributed by atoms with Crippen molar-refractivity contribution in [2.24, 2.45) is 5.92 Å². The zero-order valence-corrected chi connectivity index (χ0v) is 11.9. The molecule has 1 aliphatic rings. The fourth-order valence-corrected chi connectivity index (χ4v) is 1.99. The number of nitrogens with zero attached hydrogens (tertiary/aromatic N) is 3. The first-order valence-corrected chi connectivity index (χ1v) is 5.65. The number of amides is 1. The smallest absolute Gasteiger partial charge is 0.308 e. The van der Waals surface area contributed by atoms with Crippen molar-refractivity contribution >= 4 is 36.7 Å². The Hall–Kier alpha value is -1.27. The molecule has 0 radical (unpaired) electrons. The van der Waals surface area contributed by atoms with E-state index >= 15 is 0 Å². The molecule has 2 heterocycles. The summed E-state index contributed by atoms with van der Waals surface area (Å²) in [6, 6.07) is 1.81. The van der Waals surface area contributed by atoms with E-state index in [4.69, 9.17) is 5.11 Å². The Bertz CT molecular complexity index is 411. The monoisotopic (exact) mass is 309 g/mol. The van der Waals surface area contributed by atoms with Gasteiger partial charge in [-0.3, -0.25) is 14.3 Å². The summed E-state index contributed by atoms with van der Waals surface area (Å²) in [4.78, 5) is 24.2. The minimum atomic E-state index is -0.813. The van der Waals surface area contributed by atoms with Crippen LogP contribution in [0.1, 0.15) is 12.8 Å². The van der Waals surface area contributed by atoms with Crippen LogP contribution in [0.25, 0.3) is 0 Å². The summed E-state index contributed by atoms with van der Waals surface area (Å²) >= 11 is 0. The first-order valence-electron chi connectivity index (χ1n) is 5.65. The van der Waals surface area contributed by atoms with Crippen LogP contribution in [0.15, 0.2) is 18.5 Å². The molecule has 1 N–H and O–H groups in total. The lowest BCUT2D eigenvalue weighted by Gasteiger charge is -2.15. The Morgan fingerprint density at radius 2 is 2.11 bits per heavy atom. The van der Waals surface area contributed by atoms with Crippen molar-refractivity contribution in [2.45, 2.75) is 19.4 Å². The maximum Gasteiger partial charge on any atom is 0.308 e. The average Bonchev–Trinajstić information content (AvgIpc) is 2.96. The molecule has 0 spiro atoms. The molecule has 1 aliphatic heterocycles. The molecule has 1 unspecified atom stereocenters. The molecule has 1 fully saturated rings. The number of hydrogen-bond acceptors (Lipinski definition) is 3. The zero-order chi connectivity index (χ0) is 12.3. The molecule has 1 amide bonds. The number of carbonyl (C=O) groups is 2. The lowest BCUT2D eigenvalue weighted by atomic mass is 10.1. The van der Waals surface area contributed by atoms with Crippen LogP contribution in [0, 0.1) is 5.92 Å². The van der Waals surface area contributed by atoms with Crippen molar-refractivity contribution in [1.29, 1.82) is 0 Å². The van der Waals surface area contributed by atoms with Gasteiger partial charge in [-0.1, -0.05) is 0 Å². The van der Waals surface area contributed by atoms with E-state index < -0.39 is 11.9 Å². The number of carboxylic acids is 1. The van der Waals surface area contributed by atoms with Crippen molar-refractivity contribution in [2.75, 3.05) is 13.1 Å². The lowest BCUT2D eigenvalue weighted by Crippen LogP contribution is -2.30. The summed E-state index contributed by atoms with van der Waals surface area (Å²) in [5, 5.41) is 12.9. The molecular weight excluding hydrogens is 293 g/mol. The highest BCUT2D eigenvalue weighted by molar-refractivity contribution is 5.85. The van der Waals surface area contributed by atoms with Gasteiger partial charge in [0, 0.05) is 38.4 Å². The SMILES string of the molecule is Cl.Cl.O=C(O)C1CCN(C(=O)CCn2cccn2)C1. The summed E-state index contributed by atoms with van der Waals surface area (Å²) < 4.78 is 1.70. The van der Waals surface area contributed by atoms with E-state index in [1.165, 1.54) is 0 Å². The minimum absolute atomic E-state index is 0. The second kappa shape index (κ2) is 8.01. The third kappa shape index (κ3) is 4.72. The molecule has 8 heteroatoms. The van der Waals surface area contributed by atoms with Crippen molar-refractivity contribution in [3.8, 4) is 0 Å². The Labute approximate surface area is 123 Å². The number of hydrogen-bond donors (Lipinski definition) is 1. The number of carboxylic acid groups (broad SMARTS) is 1. The van der Waals surface area contributed by atoms with Gasteiger partial charge in [0.25, 0.3) is 0 Å². The van der Waals surface area contributed by atoms with E-state index in [-0.39, 0.29) is 30.7 Å². The van der Waals surface area contributed by atoms with Crippen LogP contribution >= 0.6 is 24.8 Å². The van der Waals surface area contributed by atoms with Gasteiger partial charge in [0.1, 0.15) is 0 Å². The Morgan fingerprint density at radius 3 is 2.63 bits per heavy atom. The Morgan fingerprint density at radius 1 is 1.37 bits per heavy atom. The largest absolute Gasteiger partial charge is 0.481 e. The van der Waals surface area contributed by atoms with E-state index in [1.807, 2.05) is 0 Å². The molecule has 2 rings (SSSR count). The van der Waals surface area contributed by atoms with Gasteiger partial charge >= 0.3 is 5.97 Å². The van der Waals surface area contributed by atoms with Crippen LogP contribution in [0.5, 0.6) is 0 Å². The first-order chi connectivity index (χ1) is 8.16. The molecule has 0 aliphatic carbocycles. The number of carbonyl (C=O) groups excluding carboxylic acids is 1. The van der Waals surface area contributed by atoms with Gasteiger partial charge in [0.05, 0.1) is 5.92 Å². The fraction of sp³-hybridized carbons (Fsp3) is 0.545. The normalized spacial score (nSPS) is 17.5. The quantitative estimate of drug-likeness (QED) is 0.902. The van der Waals surface area contributed by atoms with Gasteiger partial charge in [-0.15, -0.1) is 24.8 Å². The first kappa shape index (κ1) is 17.7. The number of aliphatic carboxylic acids is 1. The number of aromatic nitrogens is 2. The number of aryl methyl sites for hydroxylation is 1. The van der Waals surface area contributed by atoms with Crippen LogP contribution in [-0.2, 0) is 16.1 Å². The predicted octanol–water partition coefficient (Wildman–Crippen LogP) is 1.05. The van der Waals surface area contributed by atoms with Crippen LogP contribution in [-0.4, -0.2) is 44.8 Å². The number of halogens is 2. The summed E-state index contributed by atoms with van der Waals surface area (Å²) in [6.07, 6.45) is 4.40. The molecule has 0 bridgehead atoms. The van der Waals surface area contributed by atoms with Crippen molar-refractivity contribution in [1.82, 2.24) is 14.7 Å². The van der Waals surface area contributed by atoms with Gasteiger partial charge in [0.2, 0.25) is 5.91 Å². The van der Waals surface area contributed by atoms with E-state index in [1.54, 1.807) is 28.0 Å². The third-order valence-electron chi connectivity index (χ3n) is 3.00. The van der Waals surface area contributed by atoms with Gasteiger partial charge in [-0.2, -0.15) is 5.10 Å². The number of rotatable bonds is 4. The number of likely N-dealkylation sites (tertiary alicyclic amines) is 1. The van der Waals surface area contributed by atoms with Gasteiger partial charge < -0.3 is 10.0 Å². The van der Waals surface area contributed by atoms with E-state index in [0.29, 0.717) is 32.5 Å². The van der Waals surface area contributed by atoms with Crippen molar-refractivity contribution in [3.05, 3.63) is 18.5 Å². The van der Waals surface area contributed by atoms with Gasteiger partial charge in [0.15, 0.2) is 0 Å². The highest BCUT2D eigenvalue weighted by Crippen LogP contribution is 2.17. The van der Waals surface area contributed by atoms with Crippen molar-refractivity contribution in [3.63, 3.8) is 0 Å². The molecule has 1 saturated heterocycles. The zero-order valence-electron chi connectivity index (χ0n) is 10.3. The summed E-state index contributed by atoms with van der Waals surface area (Å²) in [5.74, 6) is -1.21. The summed E-state index contributed by atoms with van der Waals surface area (Å²) in [5.41, 5.74) is 0. The second-order valence-electron chi connectivity index (χ2n) is 4.18. The molecule has 108 valence electrons. The molecule has 0 saturated carbocycles. The predicted molar refractivity (Wildman–Crippen MR) is 73.7 cm³/mol. The topological polar surface area (TPSA) is 75.4 Å². The molecular formula is C11H17Cl2N3O3. The van der Waals surface area contributed by atoms with Crippen LogP contribution in [0.4, 0.5) is 0 Å². The Balaban J connectivity index is 0.00000162. The lowest BCUT2D eigenvalue weighted by molar-refractivity contribution is -0.141. The molecule has 1 aromatic heterocycles. The highest BCUT2D eigenvalue weighted by atomic mass is 35.5. The molecule has 19 heavy (non-hydrogen) atoms. The molecule has 6 nitrogen and oxygen atoms in total. The van der Waals surface area contributed by atoms with Gasteiger partial charge in [-0.05, 0) is 12.5 Å². The molecule has 1 atom stereocenters. The molecule has 0 aromatic carbocycles. The fourth-order valence-electron chi connectivity index (χ4n) is 1.99. The summed E-state index contributed by atoms with van der Waals surface area (Å²) in [7, 11) is 0. The summed E-state index contributed by atoms with van der Waals surface area (Å²) in [6.45, 7) is 1.43. The van der Waals surface area contributed by atoms with Crippen LogP contribution < -0.4 is 0 Å². The Kier molecular flexibility index (Phi) is 7.48. The standard InChI is InChI=1S/C11H15N3O3.2ClH/c15-10(3-7-14-5-1-4-12-14)13-6-2-9(8-13)11(16)17;;/h1,4-5,9H,2-3,6-8H2,(H,16,17);2*1H. The molecule has 1 aromatic rings. The van der Waals surface area contributed by atoms with E-state index in [9.17, 15) is 9.59 Å². The maximum absolute atomic E-state index is 11.8. The van der Waals surface area contributed by atoms with Gasteiger partial charge in [-0.25, -0.2) is 0 Å². The average molecular weight is 310 g/mol. The van der Waals surface area contributed by atoms with Crippen molar-refractivity contribution < 1.29 is 14.7 Å². The third-order valence-corrected chi connectivity index (χ3v) is 3.00. The second-order valence-corrected chi connectivity index (χ2v) is 4.18. The van der Waals surface area contributed by atoms with Crippen LogP contribution in [0.2, 0.25) is 0 Å².